The molecule has 3 aromatic rings. The Morgan fingerprint density at radius 3 is 2.47 bits per heavy atom. The van der Waals surface area contributed by atoms with Gasteiger partial charge in [-0.2, -0.15) is 5.10 Å². The highest BCUT2D eigenvalue weighted by Gasteiger charge is 2.09. The van der Waals surface area contributed by atoms with E-state index in [0.29, 0.717) is 40.9 Å². The average molecular weight is 428 g/mol. The summed E-state index contributed by atoms with van der Waals surface area (Å²) < 4.78 is 11.8. The molecule has 8 heteroatoms. The number of halogens is 1. The maximum Gasteiger partial charge on any atom is 0.266 e. The number of amides is 1. The number of nitrogens with one attached hydrogen (secondary N) is 1. The van der Waals surface area contributed by atoms with Gasteiger partial charge in [-0.25, -0.2) is 4.68 Å². The number of methoxy groups -OCH3 is 2. The molecule has 0 atom stereocenters. The largest absolute Gasteiger partial charge is 0.493 e. The van der Waals surface area contributed by atoms with E-state index in [1.54, 1.807) is 43.5 Å². The Morgan fingerprint density at radius 1 is 1.03 bits per heavy atom. The zero-order chi connectivity index (χ0) is 21.5. The van der Waals surface area contributed by atoms with Gasteiger partial charge in [-0.05, 0) is 36.8 Å². The topological polar surface area (TPSA) is 82.5 Å². The molecule has 0 aliphatic rings. The van der Waals surface area contributed by atoms with E-state index in [0.717, 1.165) is 5.56 Å². The molecular weight excluding hydrogens is 406 g/mol. The summed E-state index contributed by atoms with van der Waals surface area (Å²) in [4.78, 5) is 24.4. The fraction of sp³-hybridized carbons (Fsp3) is 0.227. The highest BCUT2D eigenvalue weighted by atomic mass is 35.5. The molecule has 1 aromatic heterocycles. The van der Waals surface area contributed by atoms with Gasteiger partial charge < -0.3 is 14.8 Å². The summed E-state index contributed by atoms with van der Waals surface area (Å²) in [5, 5.41) is 7.84. The minimum atomic E-state index is -0.215. The summed E-state index contributed by atoms with van der Waals surface area (Å²) >= 11 is 5.92. The van der Waals surface area contributed by atoms with Gasteiger partial charge in [-0.1, -0.05) is 23.7 Å². The molecule has 0 fully saturated rings. The Morgan fingerprint density at radius 2 is 1.77 bits per heavy atom. The third-order valence-corrected chi connectivity index (χ3v) is 4.70. The van der Waals surface area contributed by atoms with Crippen LogP contribution >= 0.6 is 11.6 Å². The number of nitrogens with zero attached hydrogens (tertiary/aromatic N) is 2. The number of anilines is 1. The molecule has 7 nitrogen and oxygen atoms in total. The molecule has 0 saturated carbocycles. The van der Waals surface area contributed by atoms with Gasteiger partial charge in [0, 0.05) is 41.4 Å². The number of benzene rings is 2. The highest BCUT2D eigenvalue weighted by Crippen LogP contribution is 2.29. The lowest BCUT2D eigenvalue weighted by Gasteiger charge is -2.11. The van der Waals surface area contributed by atoms with E-state index < -0.39 is 0 Å². The number of carbonyl (C=O) groups excluding carboxylic acids is 1. The molecule has 0 radical (unpaired) electrons. The van der Waals surface area contributed by atoms with E-state index in [4.69, 9.17) is 21.1 Å². The second-order valence-electron chi connectivity index (χ2n) is 6.51. The van der Waals surface area contributed by atoms with Crippen molar-refractivity contribution in [3.63, 3.8) is 0 Å². The number of hydrogen-bond donors (Lipinski definition) is 1. The van der Waals surface area contributed by atoms with Crippen molar-refractivity contribution >= 4 is 23.2 Å². The number of aryl methyl sites for hydroxylation is 1. The van der Waals surface area contributed by atoms with Gasteiger partial charge in [-0.3, -0.25) is 9.59 Å². The van der Waals surface area contributed by atoms with Crippen molar-refractivity contribution in [2.45, 2.75) is 19.4 Å². The van der Waals surface area contributed by atoms with E-state index in [1.165, 1.54) is 17.9 Å². The Kier molecular flexibility index (Phi) is 7.08. The van der Waals surface area contributed by atoms with Crippen molar-refractivity contribution in [3.8, 4) is 22.8 Å². The number of rotatable bonds is 8. The summed E-state index contributed by atoms with van der Waals surface area (Å²) in [6.45, 7) is 0.333. The number of ether oxygens (including phenoxy) is 2. The molecule has 0 unspecified atom stereocenters. The smallest absolute Gasteiger partial charge is 0.266 e. The van der Waals surface area contributed by atoms with Crippen LogP contribution in [0.4, 0.5) is 5.69 Å². The van der Waals surface area contributed by atoms with Crippen LogP contribution in [-0.4, -0.2) is 29.9 Å². The fourth-order valence-electron chi connectivity index (χ4n) is 2.91. The molecule has 0 saturated heterocycles. The number of hydrogen-bond acceptors (Lipinski definition) is 5. The molecule has 156 valence electrons. The number of carbonyl (C=O) groups is 1. The molecule has 3 rings (SSSR count). The highest BCUT2D eigenvalue weighted by molar-refractivity contribution is 6.30. The molecular formula is C22H22ClN3O4. The Balaban J connectivity index is 1.59. The van der Waals surface area contributed by atoms with Crippen molar-refractivity contribution in [3.05, 3.63) is 70.0 Å². The molecule has 30 heavy (non-hydrogen) atoms. The summed E-state index contributed by atoms with van der Waals surface area (Å²) in [5.74, 6) is 0.954. The van der Waals surface area contributed by atoms with E-state index >= 15 is 0 Å². The van der Waals surface area contributed by atoms with Crippen LogP contribution in [0.1, 0.15) is 12.8 Å². The van der Waals surface area contributed by atoms with E-state index in [9.17, 15) is 9.59 Å². The second-order valence-corrected chi connectivity index (χ2v) is 6.94. The Hall–Kier alpha value is -3.32. The van der Waals surface area contributed by atoms with Crippen molar-refractivity contribution in [2.24, 2.45) is 0 Å². The second kappa shape index (κ2) is 9.93. The molecule has 0 aliphatic heterocycles. The molecule has 2 aromatic carbocycles. The summed E-state index contributed by atoms with van der Waals surface area (Å²) in [5.41, 5.74) is 1.92. The van der Waals surface area contributed by atoms with Crippen LogP contribution in [0, 0.1) is 0 Å². The zero-order valence-electron chi connectivity index (χ0n) is 16.7. The van der Waals surface area contributed by atoms with E-state index in [1.807, 2.05) is 12.1 Å². The Labute approximate surface area is 179 Å². The van der Waals surface area contributed by atoms with Gasteiger partial charge in [0.2, 0.25) is 5.91 Å². The predicted molar refractivity (Wildman–Crippen MR) is 116 cm³/mol. The first kappa shape index (κ1) is 21.4. The van der Waals surface area contributed by atoms with Gasteiger partial charge in [0.1, 0.15) is 0 Å². The van der Waals surface area contributed by atoms with Crippen molar-refractivity contribution in [1.29, 1.82) is 0 Å². The Bertz CT molecular complexity index is 1080. The maximum atomic E-state index is 12.3. The standard InChI is InChI=1S/C22H22ClN3O4/c1-29-19-11-9-17(14-20(19)30-2)24-21(27)4-3-13-26-22(28)12-10-18(25-26)15-5-7-16(23)8-6-15/h5-12,14H,3-4,13H2,1-2H3,(H,24,27). The van der Waals surface area contributed by atoms with Crippen molar-refractivity contribution in [1.82, 2.24) is 9.78 Å². The SMILES string of the molecule is COc1ccc(NC(=O)CCCn2nc(-c3ccc(Cl)cc3)ccc2=O)cc1OC. The molecule has 0 aliphatic carbocycles. The third-order valence-electron chi connectivity index (χ3n) is 4.45. The predicted octanol–water partition coefficient (Wildman–Crippen LogP) is 4.00. The van der Waals surface area contributed by atoms with Crippen LogP contribution in [0.15, 0.2) is 59.4 Å². The average Bonchev–Trinajstić information content (AvgIpc) is 2.75. The molecule has 1 N–H and O–H groups in total. The summed E-state index contributed by atoms with van der Waals surface area (Å²) in [6.07, 6.45) is 0.712. The van der Waals surface area contributed by atoms with Crippen LogP contribution in [0.2, 0.25) is 5.02 Å². The lowest BCUT2D eigenvalue weighted by Crippen LogP contribution is -2.23. The van der Waals surface area contributed by atoms with Crippen molar-refractivity contribution < 1.29 is 14.3 Å². The van der Waals surface area contributed by atoms with E-state index in [-0.39, 0.29) is 17.9 Å². The third kappa shape index (κ3) is 5.39. The quantitative estimate of drug-likeness (QED) is 0.587. The first-order valence-corrected chi connectivity index (χ1v) is 9.74. The van der Waals surface area contributed by atoms with Gasteiger partial charge in [0.15, 0.2) is 11.5 Å². The van der Waals surface area contributed by atoms with Crippen LogP contribution in [0.3, 0.4) is 0 Å². The first-order chi connectivity index (χ1) is 14.5. The molecule has 1 amide bonds. The monoisotopic (exact) mass is 427 g/mol. The molecule has 0 bridgehead atoms. The van der Waals surface area contributed by atoms with Gasteiger partial charge in [0.25, 0.3) is 5.56 Å². The molecule has 0 spiro atoms. The van der Waals surface area contributed by atoms with Crippen LogP contribution in [0.5, 0.6) is 11.5 Å². The summed E-state index contributed by atoms with van der Waals surface area (Å²) in [6, 6.07) is 15.5. The minimum absolute atomic E-state index is 0.163. The summed E-state index contributed by atoms with van der Waals surface area (Å²) in [7, 11) is 3.08. The van der Waals surface area contributed by atoms with Gasteiger partial charge in [0.05, 0.1) is 19.9 Å². The lowest BCUT2D eigenvalue weighted by atomic mass is 10.1. The lowest BCUT2D eigenvalue weighted by molar-refractivity contribution is -0.116. The van der Waals surface area contributed by atoms with Crippen LogP contribution in [0.25, 0.3) is 11.3 Å². The van der Waals surface area contributed by atoms with Crippen molar-refractivity contribution in [2.75, 3.05) is 19.5 Å². The molecule has 1 heterocycles. The van der Waals surface area contributed by atoms with Gasteiger partial charge >= 0.3 is 0 Å². The normalized spacial score (nSPS) is 10.5. The number of aromatic nitrogens is 2. The van der Waals surface area contributed by atoms with E-state index in [2.05, 4.69) is 10.4 Å². The van der Waals surface area contributed by atoms with Crippen LogP contribution in [-0.2, 0) is 11.3 Å². The maximum absolute atomic E-state index is 12.3. The first-order valence-electron chi connectivity index (χ1n) is 9.36. The fourth-order valence-corrected chi connectivity index (χ4v) is 3.04. The zero-order valence-corrected chi connectivity index (χ0v) is 17.5. The van der Waals surface area contributed by atoms with Gasteiger partial charge in [-0.15, -0.1) is 0 Å². The van der Waals surface area contributed by atoms with Crippen LogP contribution < -0.4 is 20.3 Å². The minimum Gasteiger partial charge on any atom is -0.493 e.